The van der Waals surface area contributed by atoms with E-state index >= 15 is 0 Å². The number of amides is 2. The van der Waals surface area contributed by atoms with E-state index in [1.165, 1.54) is 0 Å². The molecule has 1 N–H and O–H groups in total. The van der Waals surface area contributed by atoms with Crippen LogP contribution in [0.4, 0.5) is 0 Å². The van der Waals surface area contributed by atoms with Crippen molar-refractivity contribution in [2.24, 2.45) is 5.92 Å². The summed E-state index contributed by atoms with van der Waals surface area (Å²) in [5.74, 6) is -0.295. The molecule has 0 aromatic heterocycles. The number of carboxylic acid groups (broad SMARTS) is 1. The first-order valence-corrected chi connectivity index (χ1v) is 12.4. The summed E-state index contributed by atoms with van der Waals surface area (Å²) in [7, 11) is 0. The molecular formula is C25H36ClN3O4. The van der Waals surface area contributed by atoms with E-state index in [1.807, 2.05) is 34.1 Å². The molecule has 2 fully saturated rings. The summed E-state index contributed by atoms with van der Waals surface area (Å²) < 4.78 is 0. The van der Waals surface area contributed by atoms with Gasteiger partial charge in [0, 0.05) is 63.1 Å². The molecule has 7 nitrogen and oxygen atoms in total. The molecule has 0 bridgehead atoms. The normalized spacial score (nSPS) is 18.6. The maximum Gasteiger partial charge on any atom is 0.303 e. The number of hydrogen-bond acceptors (Lipinski definition) is 4. The number of carbonyl (C=O) groups is 3. The highest BCUT2D eigenvalue weighted by Crippen LogP contribution is 2.32. The Kier molecular flexibility index (Phi) is 9.15. The molecule has 0 radical (unpaired) electrons. The molecule has 8 heteroatoms. The van der Waals surface area contributed by atoms with Crippen molar-refractivity contribution in [1.29, 1.82) is 0 Å². The van der Waals surface area contributed by atoms with Gasteiger partial charge in [0.2, 0.25) is 11.8 Å². The Morgan fingerprint density at radius 1 is 1.12 bits per heavy atom. The van der Waals surface area contributed by atoms with Crippen LogP contribution in [-0.4, -0.2) is 76.4 Å². The summed E-state index contributed by atoms with van der Waals surface area (Å²) in [6.45, 7) is 7.52. The maximum atomic E-state index is 12.9. The zero-order chi connectivity index (χ0) is 24.0. The van der Waals surface area contributed by atoms with Crippen molar-refractivity contribution in [2.75, 3.05) is 32.7 Å². The number of benzene rings is 1. The summed E-state index contributed by atoms with van der Waals surface area (Å²) in [6, 6.07) is 7.28. The van der Waals surface area contributed by atoms with Crippen LogP contribution in [0, 0.1) is 5.92 Å². The van der Waals surface area contributed by atoms with E-state index in [2.05, 4.69) is 11.8 Å². The maximum absolute atomic E-state index is 12.9. The Labute approximate surface area is 201 Å². The summed E-state index contributed by atoms with van der Waals surface area (Å²) in [5, 5.41) is 9.75. The lowest BCUT2D eigenvalue weighted by atomic mass is 9.96. The quantitative estimate of drug-likeness (QED) is 0.524. The fraction of sp³-hybridized carbons (Fsp3) is 0.640. The Hall–Kier alpha value is -2.12. The molecule has 182 valence electrons. The van der Waals surface area contributed by atoms with Crippen LogP contribution in [0.25, 0.3) is 0 Å². The van der Waals surface area contributed by atoms with E-state index in [4.69, 9.17) is 16.7 Å². The summed E-state index contributed by atoms with van der Waals surface area (Å²) >= 11 is 6.09. The highest BCUT2D eigenvalue weighted by atomic mass is 35.5. The first-order valence-electron chi connectivity index (χ1n) is 12.1. The number of carboxylic acids is 1. The van der Waals surface area contributed by atoms with Crippen molar-refractivity contribution in [3.8, 4) is 0 Å². The Balaban J connectivity index is 1.71. The molecule has 1 saturated heterocycles. The van der Waals surface area contributed by atoms with Crippen LogP contribution < -0.4 is 0 Å². The summed E-state index contributed by atoms with van der Waals surface area (Å²) in [5.41, 5.74) is 0.971. The standard InChI is InChI=1S/C25H36ClN3O4/c1-3-22(17-27-13-15-28(16-14-27)25(33)20-7-8-20)29(18(2)30)23(5-4-6-24(31)32)19-9-11-21(26)12-10-19/h9-12,20,22-23H,3-8,13-17H2,1-2H3,(H,31,32)/t22-,23?/m0/s1. The first-order chi connectivity index (χ1) is 15.8. The van der Waals surface area contributed by atoms with Crippen molar-refractivity contribution < 1.29 is 19.5 Å². The van der Waals surface area contributed by atoms with Gasteiger partial charge in [-0.1, -0.05) is 30.7 Å². The topological polar surface area (TPSA) is 81.2 Å². The van der Waals surface area contributed by atoms with Gasteiger partial charge in [-0.15, -0.1) is 0 Å². The van der Waals surface area contributed by atoms with Gasteiger partial charge in [-0.3, -0.25) is 19.3 Å². The predicted octanol–water partition coefficient (Wildman–Crippen LogP) is 3.82. The number of halogens is 1. The van der Waals surface area contributed by atoms with E-state index in [9.17, 15) is 14.4 Å². The molecule has 33 heavy (non-hydrogen) atoms. The molecule has 1 unspecified atom stereocenters. The van der Waals surface area contributed by atoms with Gasteiger partial charge in [-0.25, -0.2) is 0 Å². The van der Waals surface area contributed by atoms with Crippen LogP contribution >= 0.6 is 11.6 Å². The smallest absolute Gasteiger partial charge is 0.303 e. The molecule has 1 aromatic rings. The molecule has 0 spiro atoms. The second-order valence-electron chi connectivity index (χ2n) is 9.24. The van der Waals surface area contributed by atoms with Crippen LogP contribution in [0.2, 0.25) is 5.02 Å². The molecule has 3 rings (SSSR count). The second kappa shape index (κ2) is 11.8. The van der Waals surface area contributed by atoms with E-state index in [0.29, 0.717) is 23.8 Å². The number of hydrogen-bond donors (Lipinski definition) is 1. The molecule has 1 aliphatic heterocycles. The number of rotatable bonds is 11. The van der Waals surface area contributed by atoms with Gasteiger partial charge in [0.25, 0.3) is 0 Å². The molecule has 1 aromatic carbocycles. The Morgan fingerprint density at radius 2 is 1.76 bits per heavy atom. The van der Waals surface area contributed by atoms with Crippen LogP contribution in [-0.2, 0) is 14.4 Å². The van der Waals surface area contributed by atoms with Gasteiger partial charge < -0.3 is 14.9 Å². The van der Waals surface area contributed by atoms with Gasteiger partial charge in [0.15, 0.2) is 0 Å². The van der Waals surface area contributed by atoms with Gasteiger partial charge in [0.05, 0.1) is 6.04 Å². The largest absolute Gasteiger partial charge is 0.481 e. The number of aliphatic carboxylic acids is 1. The lowest BCUT2D eigenvalue weighted by Gasteiger charge is -2.42. The summed E-state index contributed by atoms with van der Waals surface area (Å²) in [6.07, 6.45) is 3.99. The van der Waals surface area contributed by atoms with E-state index in [0.717, 1.165) is 57.5 Å². The summed E-state index contributed by atoms with van der Waals surface area (Å²) in [4.78, 5) is 42.6. The molecule has 1 saturated carbocycles. The average Bonchev–Trinajstić information content (AvgIpc) is 3.63. The first kappa shape index (κ1) is 25.5. The van der Waals surface area contributed by atoms with Gasteiger partial charge in [-0.2, -0.15) is 0 Å². The average molecular weight is 478 g/mol. The lowest BCUT2D eigenvalue weighted by molar-refractivity contribution is -0.137. The fourth-order valence-electron chi connectivity index (χ4n) is 4.78. The lowest BCUT2D eigenvalue weighted by Crippen LogP contribution is -2.54. The molecule has 2 atom stereocenters. The Bertz CT molecular complexity index is 819. The molecule has 2 amide bonds. The molecule has 2 aliphatic rings. The molecule has 1 aliphatic carbocycles. The van der Waals surface area contributed by atoms with Crippen molar-refractivity contribution >= 4 is 29.4 Å². The van der Waals surface area contributed by atoms with Crippen molar-refractivity contribution in [2.45, 2.75) is 64.5 Å². The van der Waals surface area contributed by atoms with Crippen molar-refractivity contribution in [3.05, 3.63) is 34.9 Å². The zero-order valence-corrected chi connectivity index (χ0v) is 20.5. The predicted molar refractivity (Wildman–Crippen MR) is 128 cm³/mol. The minimum atomic E-state index is -0.829. The van der Waals surface area contributed by atoms with E-state index < -0.39 is 5.97 Å². The monoisotopic (exact) mass is 477 g/mol. The van der Waals surface area contributed by atoms with Crippen LogP contribution in [0.5, 0.6) is 0 Å². The number of piperazine rings is 1. The molecular weight excluding hydrogens is 442 g/mol. The third-order valence-corrected chi connectivity index (χ3v) is 7.02. The number of carbonyl (C=O) groups excluding carboxylic acids is 2. The van der Waals surface area contributed by atoms with Crippen LogP contribution in [0.1, 0.15) is 64.0 Å². The zero-order valence-electron chi connectivity index (χ0n) is 19.7. The molecule has 1 heterocycles. The fourth-order valence-corrected chi connectivity index (χ4v) is 4.91. The van der Waals surface area contributed by atoms with Crippen LogP contribution in [0.3, 0.4) is 0 Å². The highest BCUT2D eigenvalue weighted by molar-refractivity contribution is 6.30. The highest BCUT2D eigenvalue weighted by Gasteiger charge is 2.35. The van der Waals surface area contributed by atoms with Gasteiger partial charge in [0.1, 0.15) is 0 Å². The van der Waals surface area contributed by atoms with Crippen molar-refractivity contribution in [1.82, 2.24) is 14.7 Å². The van der Waals surface area contributed by atoms with Gasteiger partial charge >= 0.3 is 5.97 Å². The number of nitrogens with zero attached hydrogens (tertiary/aromatic N) is 3. The van der Waals surface area contributed by atoms with E-state index in [1.54, 1.807) is 6.92 Å². The third-order valence-electron chi connectivity index (χ3n) is 6.77. The second-order valence-corrected chi connectivity index (χ2v) is 9.68. The van der Waals surface area contributed by atoms with Gasteiger partial charge in [-0.05, 0) is 49.8 Å². The van der Waals surface area contributed by atoms with E-state index in [-0.39, 0.29) is 30.3 Å². The minimum absolute atomic E-state index is 0.00121. The Morgan fingerprint density at radius 3 is 2.27 bits per heavy atom. The minimum Gasteiger partial charge on any atom is -0.481 e. The van der Waals surface area contributed by atoms with Crippen molar-refractivity contribution in [3.63, 3.8) is 0 Å². The van der Waals surface area contributed by atoms with Crippen LogP contribution in [0.15, 0.2) is 24.3 Å². The third kappa shape index (κ3) is 7.18. The SMILES string of the molecule is CC[C@@H](CN1CCN(C(=O)C2CC2)CC1)N(C(C)=O)C(CCCC(=O)O)c1ccc(Cl)cc1.